The van der Waals surface area contributed by atoms with Crippen LogP contribution in [0.25, 0.3) is 11.3 Å². The number of ether oxygens (including phenoxy) is 1. The summed E-state index contributed by atoms with van der Waals surface area (Å²) in [4.78, 5) is 16.7. The van der Waals surface area contributed by atoms with Crippen LogP contribution in [0.1, 0.15) is 45.1 Å². The van der Waals surface area contributed by atoms with Crippen molar-refractivity contribution in [2.24, 2.45) is 0 Å². The van der Waals surface area contributed by atoms with Crippen molar-refractivity contribution in [3.05, 3.63) is 35.9 Å². The van der Waals surface area contributed by atoms with Gasteiger partial charge in [-0.25, -0.2) is 0 Å². The molecule has 6 nitrogen and oxygen atoms in total. The van der Waals surface area contributed by atoms with E-state index in [-0.39, 0.29) is 5.91 Å². The van der Waals surface area contributed by atoms with E-state index in [1.54, 1.807) is 7.11 Å². The third-order valence-corrected chi connectivity index (χ3v) is 5.45. The van der Waals surface area contributed by atoms with Crippen molar-refractivity contribution in [1.29, 1.82) is 0 Å². The highest BCUT2D eigenvalue weighted by Crippen LogP contribution is 2.35. The van der Waals surface area contributed by atoms with E-state index in [0.29, 0.717) is 32.2 Å². The first-order valence-corrected chi connectivity index (χ1v) is 10.2. The van der Waals surface area contributed by atoms with Gasteiger partial charge in [0.1, 0.15) is 5.69 Å². The second kappa shape index (κ2) is 9.73. The zero-order valence-electron chi connectivity index (χ0n) is 17.2. The lowest BCUT2D eigenvalue weighted by atomic mass is 10.0. The number of methoxy groups -OCH3 is 1. The Labute approximate surface area is 167 Å². The highest BCUT2D eigenvalue weighted by molar-refractivity contribution is 5.77. The van der Waals surface area contributed by atoms with Gasteiger partial charge in [-0.3, -0.25) is 4.79 Å². The van der Waals surface area contributed by atoms with Crippen molar-refractivity contribution < 1.29 is 14.1 Å². The van der Waals surface area contributed by atoms with E-state index in [1.165, 1.54) is 6.42 Å². The number of anilines is 1. The molecule has 1 aromatic heterocycles. The molecule has 1 aliphatic rings. The molecule has 0 radical (unpaired) electrons. The number of carbonyl (C=O) groups excluding carboxylic acids is 1. The number of rotatable bonds is 8. The first-order chi connectivity index (χ1) is 13.7. The van der Waals surface area contributed by atoms with E-state index in [9.17, 15) is 4.79 Å². The highest BCUT2D eigenvalue weighted by atomic mass is 16.5. The Hall–Kier alpha value is -2.34. The van der Waals surface area contributed by atoms with E-state index in [1.807, 2.05) is 42.2 Å². The Balaban J connectivity index is 1.99. The number of aromatic nitrogens is 1. The quantitative estimate of drug-likeness (QED) is 0.684. The standard InChI is InChI=1S/C22H31N3O3/c1-4-20(26)24(14-15-27-3)16-19-21(18-11-6-5-7-12-18)23-28-22(19)25-13-9-8-10-17(25)2/h5-7,11-12,17H,4,8-10,13-16H2,1-3H3. The van der Waals surface area contributed by atoms with Crippen LogP contribution < -0.4 is 4.90 Å². The molecule has 152 valence electrons. The van der Waals surface area contributed by atoms with E-state index in [4.69, 9.17) is 9.26 Å². The molecule has 1 aliphatic heterocycles. The van der Waals surface area contributed by atoms with Crippen LogP contribution in [0.5, 0.6) is 0 Å². The van der Waals surface area contributed by atoms with Gasteiger partial charge in [-0.2, -0.15) is 0 Å². The average molecular weight is 386 g/mol. The number of hydrogen-bond donors (Lipinski definition) is 0. The fourth-order valence-corrected chi connectivity index (χ4v) is 3.80. The summed E-state index contributed by atoms with van der Waals surface area (Å²) in [6.45, 7) is 6.61. The molecule has 3 rings (SSSR count). The first kappa shape index (κ1) is 20.4. The van der Waals surface area contributed by atoms with Gasteiger partial charge < -0.3 is 19.1 Å². The molecule has 1 fully saturated rings. The van der Waals surface area contributed by atoms with Crippen molar-refractivity contribution in [1.82, 2.24) is 10.1 Å². The van der Waals surface area contributed by atoms with Crippen molar-refractivity contribution in [2.75, 3.05) is 31.7 Å². The predicted molar refractivity (Wildman–Crippen MR) is 110 cm³/mol. The normalized spacial score (nSPS) is 17.0. The molecule has 2 aromatic rings. The lowest BCUT2D eigenvalue weighted by Crippen LogP contribution is -2.39. The van der Waals surface area contributed by atoms with Crippen molar-refractivity contribution in [3.8, 4) is 11.3 Å². The summed E-state index contributed by atoms with van der Waals surface area (Å²) >= 11 is 0. The lowest BCUT2D eigenvalue weighted by Gasteiger charge is -2.34. The van der Waals surface area contributed by atoms with Crippen molar-refractivity contribution >= 4 is 11.8 Å². The molecule has 28 heavy (non-hydrogen) atoms. The first-order valence-electron chi connectivity index (χ1n) is 10.2. The highest BCUT2D eigenvalue weighted by Gasteiger charge is 2.29. The number of amides is 1. The van der Waals surface area contributed by atoms with Gasteiger partial charge in [0.25, 0.3) is 0 Å². The molecule has 1 saturated heterocycles. The number of piperidine rings is 1. The van der Waals surface area contributed by atoms with E-state index in [0.717, 1.165) is 42.1 Å². The molecule has 6 heteroatoms. The van der Waals surface area contributed by atoms with Crippen LogP contribution in [0.15, 0.2) is 34.9 Å². The van der Waals surface area contributed by atoms with Gasteiger partial charge in [-0.15, -0.1) is 0 Å². The summed E-state index contributed by atoms with van der Waals surface area (Å²) in [6.07, 6.45) is 3.99. The van der Waals surface area contributed by atoms with Gasteiger partial charge in [0.05, 0.1) is 18.7 Å². The minimum absolute atomic E-state index is 0.106. The van der Waals surface area contributed by atoms with Crippen LogP contribution in [0.4, 0.5) is 5.88 Å². The number of carbonyl (C=O) groups is 1. The molecular formula is C22H31N3O3. The van der Waals surface area contributed by atoms with Gasteiger partial charge in [0.2, 0.25) is 11.8 Å². The molecular weight excluding hydrogens is 354 g/mol. The van der Waals surface area contributed by atoms with Gasteiger partial charge in [-0.1, -0.05) is 42.4 Å². The summed E-state index contributed by atoms with van der Waals surface area (Å²) < 4.78 is 11.1. The molecule has 0 saturated carbocycles. The number of nitrogens with zero attached hydrogens (tertiary/aromatic N) is 3. The van der Waals surface area contributed by atoms with Gasteiger partial charge in [0, 0.05) is 38.2 Å². The number of benzene rings is 1. The molecule has 1 unspecified atom stereocenters. The smallest absolute Gasteiger partial charge is 0.233 e. The Bertz CT molecular complexity index is 760. The minimum atomic E-state index is 0.106. The summed E-state index contributed by atoms with van der Waals surface area (Å²) in [5.41, 5.74) is 2.81. The molecule has 0 spiro atoms. The molecule has 1 atom stereocenters. The van der Waals surface area contributed by atoms with Crippen LogP contribution in [0.3, 0.4) is 0 Å². The third kappa shape index (κ3) is 4.55. The Morgan fingerprint density at radius 3 is 2.79 bits per heavy atom. The van der Waals surface area contributed by atoms with E-state index < -0.39 is 0 Å². The van der Waals surface area contributed by atoms with E-state index >= 15 is 0 Å². The summed E-state index contributed by atoms with van der Waals surface area (Å²) in [5, 5.41) is 4.43. The minimum Gasteiger partial charge on any atom is -0.383 e. The zero-order chi connectivity index (χ0) is 19.9. The molecule has 1 amide bonds. The fraction of sp³-hybridized carbons (Fsp3) is 0.545. The molecule has 0 aliphatic carbocycles. The predicted octanol–water partition coefficient (Wildman–Crippen LogP) is 4.11. The molecule has 0 bridgehead atoms. The fourth-order valence-electron chi connectivity index (χ4n) is 3.80. The van der Waals surface area contributed by atoms with Crippen molar-refractivity contribution in [3.63, 3.8) is 0 Å². The average Bonchev–Trinajstić information content (AvgIpc) is 3.14. The maximum absolute atomic E-state index is 12.5. The Morgan fingerprint density at radius 1 is 1.32 bits per heavy atom. The maximum Gasteiger partial charge on any atom is 0.233 e. The second-order valence-electron chi connectivity index (χ2n) is 7.38. The SMILES string of the molecule is CCC(=O)N(CCOC)Cc1c(-c2ccccc2)noc1N1CCCCC1C. The van der Waals surface area contributed by atoms with E-state index in [2.05, 4.69) is 17.0 Å². The van der Waals surface area contributed by atoms with Crippen LogP contribution in [0, 0.1) is 0 Å². The number of hydrogen-bond acceptors (Lipinski definition) is 5. The van der Waals surface area contributed by atoms with Gasteiger partial charge >= 0.3 is 0 Å². The lowest BCUT2D eigenvalue weighted by molar-refractivity contribution is -0.132. The third-order valence-electron chi connectivity index (χ3n) is 5.45. The van der Waals surface area contributed by atoms with Gasteiger partial charge in [0.15, 0.2) is 0 Å². The van der Waals surface area contributed by atoms with Crippen molar-refractivity contribution in [2.45, 2.75) is 52.1 Å². The summed E-state index contributed by atoms with van der Waals surface area (Å²) in [6, 6.07) is 10.5. The summed E-state index contributed by atoms with van der Waals surface area (Å²) in [5.74, 6) is 0.910. The monoisotopic (exact) mass is 385 g/mol. The molecule has 0 N–H and O–H groups in total. The Morgan fingerprint density at radius 2 is 2.11 bits per heavy atom. The van der Waals surface area contributed by atoms with Crippen LogP contribution in [0.2, 0.25) is 0 Å². The second-order valence-corrected chi connectivity index (χ2v) is 7.38. The summed E-state index contributed by atoms with van der Waals surface area (Å²) in [7, 11) is 1.66. The van der Waals surface area contributed by atoms with Crippen LogP contribution in [-0.2, 0) is 16.1 Å². The van der Waals surface area contributed by atoms with Crippen LogP contribution >= 0.6 is 0 Å². The maximum atomic E-state index is 12.5. The Kier molecular flexibility index (Phi) is 7.09. The zero-order valence-corrected chi connectivity index (χ0v) is 17.2. The topological polar surface area (TPSA) is 58.8 Å². The molecule has 2 heterocycles. The van der Waals surface area contributed by atoms with Gasteiger partial charge in [-0.05, 0) is 26.2 Å². The van der Waals surface area contributed by atoms with Crippen LogP contribution in [-0.4, -0.2) is 48.8 Å². The largest absolute Gasteiger partial charge is 0.383 e. The molecule has 1 aromatic carbocycles.